The Balaban J connectivity index is 2.20. The zero-order chi connectivity index (χ0) is 27.0. The van der Waals surface area contributed by atoms with E-state index in [0.29, 0.717) is 27.0 Å². The Bertz CT molecular complexity index is 1160. The van der Waals surface area contributed by atoms with E-state index in [1.165, 1.54) is 16.3 Å². The zero-order valence-electron chi connectivity index (χ0n) is 21.1. The largest absolute Gasteiger partial charge is 0.497 e. The molecule has 0 aliphatic carbocycles. The summed E-state index contributed by atoms with van der Waals surface area (Å²) >= 11 is 12.3. The van der Waals surface area contributed by atoms with Gasteiger partial charge in [-0.1, -0.05) is 29.3 Å². The number of amides is 2. The first-order chi connectivity index (χ1) is 16.8. The number of anilines is 1. The van der Waals surface area contributed by atoms with E-state index in [-0.39, 0.29) is 43.8 Å². The lowest BCUT2D eigenvalue weighted by Gasteiger charge is -2.30. The first-order valence-electron chi connectivity index (χ1n) is 11.5. The fourth-order valence-corrected chi connectivity index (χ4v) is 5.01. The fourth-order valence-electron chi connectivity index (χ4n) is 3.57. The van der Waals surface area contributed by atoms with E-state index in [0.717, 1.165) is 6.26 Å². The van der Waals surface area contributed by atoms with E-state index in [4.69, 9.17) is 27.9 Å². The maximum Gasteiger partial charge on any atom is 0.242 e. The van der Waals surface area contributed by atoms with Crippen molar-refractivity contribution in [3.63, 3.8) is 0 Å². The van der Waals surface area contributed by atoms with Gasteiger partial charge in [0.05, 0.1) is 19.1 Å². The fraction of sp³-hybridized carbons (Fsp3) is 0.440. The third-order valence-electron chi connectivity index (χ3n) is 5.47. The van der Waals surface area contributed by atoms with Gasteiger partial charge in [0.1, 0.15) is 11.8 Å². The Morgan fingerprint density at radius 3 is 2.22 bits per heavy atom. The number of ether oxygens (including phenoxy) is 1. The molecular formula is C25H33Cl2N3O5S. The van der Waals surface area contributed by atoms with Crippen LogP contribution in [-0.2, 0) is 26.2 Å². The molecular weight excluding hydrogens is 525 g/mol. The van der Waals surface area contributed by atoms with Gasteiger partial charge in [0.2, 0.25) is 21.8 Å². The summed E-state index contributed by atoms with van der Waals surface area (Å²) < 4.78 is 31.2. The molecule has 0 unspecified atom stereocenters. The highest BCUT2D eigenvalue weighted by atomic mass is 35.5. The number of methoxy groups -OCH3 is 1. The summed E-state index contributed by atoms with van der Waals surface area (Å²) in [6.07, 6.45) is 1.40. The number of hydrogen-bond acceptors (Lipinski definition) is 5. The molecule has 0 fully saturated rings. The summed E-state index contributed by atoms with van der Waals surface area (Å²) in [6.45, 7) is 5.53. The topological polar surface area (TPSA) is 96.0 Å². The molecule has 1 N–H and O–H groups in total. The lowest BCUT2D eigenvalue weighted by atomic mass is 10.1. The first-order valence-corrected chi connectivity index (χ1v) is 14.1. The van der Waals surface area contributed by atoms with E-state index in [1.807, 2.05) is 13.8 Å². The number of halogens is 2. The lowest BCUT2D eigenvalue weighted by Crippen LogP contribution is -2.49. The standard InChI is InChI=1S/C25H33Cl2N3O5S/c1-17(2)28-25(32)18(3)29(16-19-8-9-20(26)15-23(19)27)24(31)7-6-14-30(36(5,33)34)21-10-12-22(35-4)13-11-21/h8-13,15,17-18H,6-7,14,16H2,1-5H3,(H,28,32)/t18-/m0/s1. The summed E-state index contributed by atoms with van der Waals surface area (Å²) in [5, 5.41) is 3.68. The first kappa shape index (κ1) is 29.7. The lowest BCUT2D eigenvalue weighted by molar-refractivity contribution is -0.140. The van der Waals surface area contributed by atoms with Crippen LogP contribution in [0.2, 0.25) is 10.0 Å². The second kappa shape index (κ2) is 13.2. The second-order valence-corrected chi connectivity index (χ2v) is 11.5. The molecule has 0 aliphatic rings. The van der Waals surface area contributed by atoms with Gasteiger partial charge in [-0.2, -0.15) is 0 Å². The molecule has 0 aromatic heterocycles. The molecule has 36 heavy (non-hydrogen) atoms. The van der Waals surface area contributed by atoms with Crippen LogP contribution in [0.4, 0.5) is 5.69 Å². The van der Waals surface area contributed by atoms with Crippen molar-refractivity contribution in [2.45, 2.75) is 52.2 Å². The predicted octanol–water partition coefficient (Wildman–Crippen LogP) is 4.49. The Morgan fingerprint density at radius 2 is 1.69 bits per heavy atom. The molecule has 1 atom stereocenters. The molecule has 0 radical (unpaired) electrons. The molecule has 0 heterocycles. The van der Waals surface area contributed by atoms with Gasteiger partial charge in [-0.3, -0.25) is 13.9 Å². The highest BCUT2D eigenvalue weighted by Crippen LogP contribution is 2.25. The van der Waals surface area contributed by atoms with Crippen molar-refractivity contribution in [3.8, 4) is 5.75 Å². The number of nitrogens with zero attached hydrogens (tertiary/aromatic N) is 2. The number of sulfonamides is 1. The monoisotopic (exact) mass is 557 g/mol. The van der Waals surface area contributed by atoms with Gasteiger partial charge in [0.25, 0.3) is 0 Å². The Labute approximate surface area is 223 Å². The van der Waals surface area contributed by atoms with E-state index in [2.05, 4.69) is 5.32 Å². The highest BCUT2D eigenvalue weighted by molar-refractivity contribution is 7.92. The third-order valence-corrected chi connectivity index (χ3v) is 7.25. The van der Waals surface area contributed by atoms with Crippen LogP contribution in [0.25, 0.3) is 0 Å². The molecule has 0 saturated heterocycles. The van der Waals surface area contributed by atoms with Gasteiger partial charge in [0, 0.05) is 35.6 Å². The maximum atomic E-state index is 13.3. The van der Waals surface area contributed by atoms with E-state index < -0.39 is 16.1 Å². The van der Waals surface area contributed by atoms with Crippen molar-refractivity contribution in [3.05, 3.63) is 58.1 Å². The quantitative estimate of drug-likeness (QED) is 0.414. The molecule has 0 spiro atoms. The molecule has 2 aromatic carbocycles. The van der Waals surface area contributed by atoms with Crippen molar-refractivity contribution in [1.29, 1.82) is 0 Å². The van der Waals surface area contributed by atoms with E-state index in [1.54, 1.807) is 49.4 Å². The van der Waals surface area contributed by atoms with Crippen LogP contribution in [-0.4, -0.2) is 57.1 Å². The molecule has 2 rings (SSSR count). The summed E-state index contributed by atoms with van der Waals surface area (Å²) in [4.78, 5) is 27.5. The summed E-state index contributed by atoms with van der Waals surface area (Å²) in [5.41, 5.74) is 1.12. The number of hydrogen-bond donors (Lipinski definition) is 1. The number of carbonyl (C=O) groups excluding carboxylic acids is 2. The number of rotatable bonds is 12. The van der Waals surface area contributed by atoms with Crippen molar-refractivity contribution >= 4 is 50.7 Å². The van der Waals surface area contributed by atoms with Crippen LogP contribution in [0.5, 0.6) is 5.75 Å². The van der Waals surface area contributed by atoms with Gasteiger partial charge in [-0.05, 0) is 69.2 Å². The average molecular weight is 559 g/mol. The van der Waals surface area contributed by atoms with Crippen LogP contribution in [0, 0.1) is 0 Å². The van der Waals surface area contributed by atoms with Crippen molar-refractivity contribution < 1.29 is 22.7 Å². The second-order valence-electron chi connectivity index (χ2n) is 8.73. The van der Waals surface area contributed by atoms with E-state index in [9.17, 15) is 18.0 Å². The minimum absolute atomic E-state index is 0.0344. The SMILES string of the molecule is COc1ccc(N(CCCC(=O)N(Cc2ccc(Cl)cc2Cl)[C@@H](C)C(=O)NC(C)C)S(C)(=O)=O)cc1. The minimum Gasteiger partial charge on any atom is -0.497 e. The van der Waals surface area contributed by atoms with Crippen LogP contribution in [0.3, 0.4) is 0 Å². The Kier molecular flexibility index (Phi) is 10.9. The van der Waals surface area contributed by atoms with Crippen LogP contribution < -0.4 is 14.4 Å². The van der Waals surface area contributed by atoms with Crippen molar-refractivity contribution in [2.24, 2.45) is 0 Å². The van der Waals surface area contributed by atoms with Crippen molar-refractivity contribution in [2.75, 3.05) is 24.2 Å². The third kappa shape index (κ3) is 8.57. The summed E-state index contributed by atoms with van der Waals surface area (Å²) in [5.74, 6) is 0.0163. The van der Waals surface area contributed by atoms with Gasteiger partial charge in [0.15, 0.2) is 0 Å². The van der Waals surface area contributed by atoms with Gasteiger partial charge < -0.3 is 15.0 Å². The van der Waals surface area contributed by atoms with Crippen LogP contribution >= 0.6 is 23.2 Å². The maximum absolute atomic E-state index is 13.3. The molecule has 0 saturated carbocycles. The van der Waals surface area contributed by atoms with Crippen molar-refractivity contribution in [1.82, 2.24) is 10.2 Å². The van der Waals surface area contributed by atoms with Gasteiger partial charge >= 0.3 is 0 Å². The number of carbonyl (C=O) groups is 2. The highest BCUT2D eigenvalue weighted by Gasteiger charge is 2.27. The van der Waals surface area contributed by atoms with Gasteiger partial charge in [-0.15, -0.1) is 0 Å². The van der Waals surface area contributed by atoms with Gasteiger partial charge in [-0.25, -0.2) is 8.42 Å². The van der Waals surface area contributed by atoms with Crippen LogP contribution in [0.15, 0.2) is 42.5 Å². The molecule has 11 heteroatoms. The molecule has 2 amide bonds. The number of benzene rings is 2. The molecule has 0 bridgehead atoms. The van der Waals surface area contributed by atoms with E-state index >= 15 is 0 Å². The zero-order valence-corrected chi connectivity index (χ0v) is 23.5. The molecule has 198 valence electrons. The minimum atomic E-state index is -3.58. The Hall–Kier alpha value is -2.49. The Morgan fingerprint density at radius 1 is 1.06 bits per heavy atom. The predicted molar refractivity (Wildman–Crippen MR) is 144 cm³/mol. The summed E-state index contributed by atoms with van der Waals surface area (Å²) in [6, 6.07) is 10.7. The molecule has 0 aliphatic heterocycles. The van der Waals surface area contributed by atoms with Crippen LogP contribution in [0.1, 0.15) is 39.2 Å². The molecule has 2 aromatic rings. The normalized spacial score (nSPS) is 12.2. The number of nitrogens with one attached hydrogen (secondary N) is 1. The molecule has 8 nitrogen and oxygen atoms in total. The summed E-state index contributed by atoms with van der Waals surface area (Å²) in [7, 11) is -2.06. The smallest absolute Gasteiger partial charge is 0.242 e. The average Bonchev–Trinajstić information content (AvgIpc) is 2.79.